The number of esters is 1. The highest BCUT2D eigenvalue weighted by molar-refractivity contribution is 5.88. The Bertz CT molecular complexity index is 864. The molecule has 0 atom stereocenters. The van der Waals surface area contributed by atoms with Gasteiger partial charge in [0.05, 0.1) is 12.1 Å². The third-order valence-corrected chi connectivity index (χ3v) is 3.08. The second-order valence-electron chi connectivity index (χ2n) is 4.41. The number of benzene rings is 1. The van der Waals surface area contributed by atoms with E-state index in [1.54, 1.807) is 13.0 Å². The zero-order valence-electron chi connectivity index (χ0n) is 11.4. The van der Waals surface area contributed by atoms with Crippen molar-refractivity contribution in [1.82, 2.24) is 14.8 Å². The lowest BCUT2D eigenvalue weighted by Gasteiger charge is -2.02. The van der Waals surface area contributed by atoms with Gasteiger partial charge in [-0.3, -0.25) is 9.89 Å². The number of carbonyl (C=O) groups excluding carboxylic acids is 1. The zero-order valence-corrected chi connectivity index (χ0v) is 11.4. The van der Waals surface area contributed by atoms with Gasteiger partial charge in [-0.25, -0.2) is 14.5 Å². The molecule has 0 bridgehead atoms. The predicted octanol–water partition coefficient (Wildman–Crippen LogP) is 1.89. The zero-order chi connectivity index (χ0) is 14.8. The van der Waals surface area contributed by atoms with Crippen molar-refractivity contribution in [3.05, 3.63) is 58.5 Å². The van der Waals surface area contributed by atoms with Gasteiger partial charge in [0.25, 0.3) is 5.56 Å². The molecule has 1 N–H and O–H groups in total. The molecule has 0 amide bonds. The van der Waals surface area contributed by atoms with E-state index in [0.717, 1.165) is 10.9 Å². The molecule has 0 aliphatic carbocycles. The summed E-state index contributed by atoms with van der Waals surface area (Å²) >= 11 is 0. The number of H-pyrrole nitrogens is 1. The van der Waals surface area contributed by atoms with Gasteiger partial charge in [0.2, 0.25) is 0 Å². The first kappa shape index (κ1) is 13.1. The normalized spacial score (nSPS) is 10.7. The van der Waals surface area contributed by atoms with Crippen molar-refractivity contribution in [2.75, 3.05) is 6.61 Å². The maximum Gasteiger partial charge on any atom is 0.345 e. The number of fused-ring (bicyclic) bond motifs is 1. The van der Waals surface area contributed by atoms with Gasteiger partial charge >= 0.3 is 5.97 Å². The van der Waals surface area contributed by atoms with Crippen molar-refractivity contribution in [2.45, 2.75) is 6.92 Å². The first-order valence-electron chi connectivity index (χ1n) is 6.54. The van der Waals surface area contributed by atoms with Crippen molar-refractivity contribution in [3.8, 4) is 5.82 Å². The molecular weight excluding hydrogens is 270 g/mol. The molecular formula is C15H13N3O3. The van der Waals surface area contributed by atoms with Gasteiger partial charge < -0.3 is 4.74 Å². The molecule has 0 radical (unpaired) electrons. The largest absolute Gasteiger partial charge is 0.462 e. The Morgan fingerprint density at radius 3 is 2.90 bits per heavy atom. The van der Waals surface area contributed by atoms with Crippen LogP contribution in [0.15, 0.2) is 47.4 Å². The number of nitrogens with one attached hydrogen (secondary N) is 1. The Morgan fingerprint density at radius 1 is 1.29 bits per heavy atom. The fourth-order valence-corrected chi connectivity index (χ4v) is 2.07. The second kappa shape index (κ2) is 5.24. The lowest BCUT2D eigenvalue weighted by Crippen LogP contribution is -2.22. The number of hydrogen-bond acceptors (Lipinski definition) is 4. The number of ether oxygens (including phenoxy) is 1. The minimum Gasteiger partial charge on any atom is -0.462 e. The average molecular weight is 283 g/mol. The average Bonchev–Trinajstić information content (AvgIpc) is 2.89. The summed E-state index contributed by atoms with van der Waals surface area (Å²) in [5.41, 5.74) is 0.261. The summed E-state index contributed by atoms with van der Waals surface area (Å²) in [4.78, 5) is 28.3. The van der Waals surface area contributed by atoms with E-state index in [1.807, 2.05) is 30.3 Å². The number of nitrogens with zero attached hydrogens (tertiary/aromatic N) is 2. The monoisotopic (exact) mass is 283 g/mol. The lowest BCUT2D eigenvalue weighted by molar-refractivity contribution is 0.0525. The number of pyridine rings is 1. The van der Waals surface area contributed by atoms with Crippen LogP contribution in [-0.4, -0.2) is 27.3 Å². The van der Waals surface area contributed by atoms with Crippen LogP contribution in [0.25, 0.3) is 16.7 Å². The van der Waals surface area contributed by atoms with Gasteiger partial charge in [0.15, 0.2) is 5.82 Å². The third-order valence-electron chi connectivity index (χ3n) is 3.08. The number of hydrogen-bond donors (Lipinski definition) is 1. The van der Waals surface area contributed by atoms with Crippen LogP contribution in [0.2, 0.25) is 0 Å². The maximum atomic E-state index is 12.2. The quantitative estimate of drug-likeness (QED) is 0.745. The number of aromatic amines is 1. The van der Waals surface area contributed by atoms with Crippen LogP contribution in [0.3, 0.4) is 0 Å². The van der Waals surface area contributed by atoms with E-state index in [1.165, 1.54) is 10.9 Å². The molecule has 2 aromatic heterocycles. The van der Waals surface area contributed by atoms with E-state index in [4.69, 9.17) is 4.74 Å². The van der Waals surface area contributed by atoms with E-state index in [9.17, 15) is 9.59 Å². The Balaban J connectivity index is 2.07. The molecule has 0 saturated carbocycles. The number of aromatic nitrogens is 3. The molecule has 0 fully saturated rings. The third kappa shape index (κ3) is 2.31. The highest BCUT2D eigenvalue weighted by Gasteiger charge is 2.16. The molecule has 0 saturated heterocycles. The van der Waals surface area contributed by atoms with E-state index in [0.29, 0.717) is 5.82 Å². The summed E-state index contributed by atoms with van der Waals surface area (Å²) in [5.74, 6) is -0.215. The second-order valence-corrected chi connectivity index (χ2v) is 4.41. The Labute approximate surface area is 120 Å². The van der Waals surface area contributed by atoms with Crippen molar-refractivity contribution in [3.63, 3.8) is 0 Å². The summed E-state index contributed by atoms with van der Waals surface area (Å²) in [6.07, 6.45) is 1.33. The summed E-state index contributed by atoms with van der Waals surface area (Å²) in [6.45, 7) is 1.91. The Morgan fingerprint density at radius 2 is 2.10 bits per heavy atom. The fraction of sp³-hybridized carbons (Fsp3) is 0.133. The Kier molecular flexibility index (Phi) is 3.27. The van der Waals surface area contributed by atoms with Crippen LogP contribution in [0.1, 0.15) is 17.3 Å². The summed E-state index contributed by atoms with van der Waals surface area (Å²) in [6, 6.07) is 11.2. The first-order chi connectivity index (χ1) is 10.2. The van der Waals surface area contributed by atoms with E-state index < -0.39 is 11.5 Å². The van der Waals surface area contributed by atoms with Gasteiger partial charge in [-0.1, -0.05) is 18.2 Å². The molecule has 3 aromatic rings. The molecule has 1 aromatic carbocycles. The number of rotatable bonds is 3. The van der Waals surface area contributed by atoms with E-state index >= 15 is 0 Å². The van der Waals surface area contributed by atoms with Crippen LogP contribution in [-0.2, 0) is 4.74 Å². The van der Waals surface area contributed by atoms with Gasteiger partial charge in [-0.15, -0.1) is 0 Å². The van der Waals surface area contributed by atoms with Crippen molar-refractivity contribution >= 4 is 16.9 Å². The van der Waals surface area contributed by atoms with Crippen LogP contribution in [0.4, 0.5) is 0 Å². The molecule has 0 spiro atoms. The van der Waals surface area contributed by atoms with Crippen molar-refractivity contribution in [1.29, 1.82) is 0 Å². The summed E-state index contributed by atoms with van der Waals surface area (Å²) < 4.78 is 6.06. The SMILES string of the molecule is CCOC(=O)c1c[nH]n(-c2ccc3ccccc3n2)c1=O. The van der Waals surface area contributed by atoms with Crippen LogP contribution < -0.4 is 5.56 Å². The van der Waals surface area contributed by atoms with Crippen LogP contribution >= 0.6 is 0 Å². The molecule has 0 aliphatic heterocycles. The minimum absolute atomic E-state index is 0.0354. The predicted molar refractivity (Wildman–Crippen MR) is 77.6 cm³/mol. The van der Waals surface area contributed by atoms with Crippen molar-refractivity contribution in [2.24, 2.45) is 0 Å². The van der Waals surface area contributed by atoms with Gasteiger partial charge in [0, 0.05) is 11.6 Å². The molecule has 106 valence electrons. The topological polar surface area (TPSA) is 77.0 Å². The molecule has 6 heteroatoms. The molecule has 21 heavy (non-hydrogen) atoms. The highest BCUT2D eigenvalue weighted by Crippen LogP contribution is 2.13. The van der Waals surface area contributed by atoms with Gasteiger partial charge in [-0.2, -0.15) is 0 Å². The summed E-state index contributed by atoms with van der Waals surface area (Å²) in [5, 5.41) is 3.71. The summed E-state index contributed by atoms with van der Waals surface area (Å²) in [7, 11) is 0. The number of para-hydroxylation sites is 1. The molecule has 3 rings (SSSR count). The van der Waals surface area contributed by atoms with Crippen LogP contribution in [0, 0.1) is 0 Å². The number of carbonyl (C=O) groups is 1. The fourth-order valence-electron chi connectivity index (χ4n) is 2.07. The van der Waals surface area contributed by atoms with Crippen molar-refractivity contribution < 1.29 is 9.53 Å². The minimum atomic E-state index is -0.640. The van der Waals surface area contributed by atoms with Crippen LogP contribution in [0.5, 0.6) is 0 Å². The lowest BCUT2D eigenvalue weighted by atomic mass is 10.2. The smallest absolute Gasteiger partial charge is 0.345 e. The molecule has 0 unspecified atom stereocenters. The molecule has 0 aliphatic rings. The van der Waals surface area contributed by atoms with Gasteiger partial charge in [0.1, 0.15) is 5.56 Å². The molecule has 2 heterocycles. The molecule has 6 nitrogen and oxygen atoms in total. The Hall–Kier alpha value is -2.89. The first-order valence-corrected chi connectivity index (χ1v) is 6.54. The van der Waals surface area contributed by atoms with E-state index in [-0.39, 0.29) is 12.2 Å². The standard InChI is InChI=1S/C15H13N3O3/c1-2-21-15(20)11-9-16-18(14(11)19)13-8-7-10-5-3-4-6-12(10)17-13/h3-9,16H,2H2,1H3. The maximum absolute atomic E-state index is 12.2. The van der Waals surface area contributed by atoms with Gasteiger partial charge in [-0.05, 0) is 25.1 Å². The highest BCUT2D eigenvalue weighted by atomic mass is 16.5. The van der Waals surface area contributed by atoms with E-state index in [2.05, 4.69) is 10.1 Å².